The number of anilines is 1. The van der Waals surface area contributed by atoms with Crippen molar-refractivity contribution in [2.45, 2.75) is 20.0 Å². The Kier molecular flexibility index (Phi) is 7.07. The Morgan fingerprint density at radius 1 is 0.906 bits per heavy atom. The summed E-state index contributed by atoms with van der Waals surface area (Å²) >= 11 is 0. The van der Waals surface area contributed by atoms with Crippen LogP contribution in [0.5, 0.6) is 5.75 Å². The zero-order chi connectivity index (χ0) is 22.3. The van der Waals surface area contributed by atoms with Crippen LogP contribution in [0.1, 0.15) is 27.0 Å². The Hall–Kier alpha value is -3.31. The summed E-state index contributed by atoms with van der Waals surface area (Å²) in [6, 6.07) is 24.5. The highest BCUT2D eigenvalue weighted by atomic mass is 16.5. The van der Waals surface area contributed by atoms with Crippen LogP contribution in [0.15, 0.2) is 72.8 Å². The van der Waals surface area contributed by atoms with E-state index in [0.717, 1.165) is 49.6 Å². The maximum Gasteiger partial charge on any atom is 0.251 e. The molecule has 1 saturated heterocycles. The van der Waals surface area contributed by atoms with Crippen molar-refractivity contribution in [1.29, 1.82) is 0 Å². The first-order valence-electron chi connectivity index (χ1n) is 11.1. The number of piperazine rings is 1. The van der Waals surface area contributed by atoms with Gasteiger partial charge >= 0.3 is 0 Å². The quantitative estimate of drug-likeness (QED) is 0.610. The molecule has 0 aromatic heterocycles. The number of nitrogens with one attached hydrogen (secondary N) is 1. The van der Waals surface area contributed by atoms with Gasteiger partial charge in [0.05, 0.1) is 7.11 Å². The molecule has 0 saturated carbocycles. The molecule has 1 aliphatic rings. The minimum absolute atomic E-state index is 0.0359. The first-order valence-corrected chi connectivity index (χ1v) is 11.1. The van der Waals surface area contributed by atoms with Gasteiger partial charge in [-0.2, -0.15) is 0 Å². The number of carbonyl (C=O) groups is 1. The van der Waals surface area contributed by atoms with Crippen molar-refractivity contribution in [1.82, 2.24) is 10.2 Å². The molecule has 1 amide bonds. The summed E-state index contributed by atoms with van der Waals surface area (Å²) in [4.78, 5) is 17.4. The van der Waals surface area contributed by atoms with E-state index < -0.39 is 0 Å². The van der Waals surface area contributed by atoms with Crippen molar-refractivity contribution < 1.29 is 9.53 Å². The number of carbonyl (C=O) groups excluding carboxylic acids is 1. The first kappa shape index (κ1) is 21.9. The lowest BCUT2D eigenvalue weighted by atomic mass is 10.1. The molecule has 1 N–H and O–H groups in total. The largest absolute Gasteiger partial charge is 0.497 e. The minimum Gasteiger partial charge on any atom is -0.497 e. The molecule has 0 bridgehead atoms. The fourth-order valence-electron chi connectivity index (χ4n) is 4.09. The topological polar surface area (TPSA) is 44.8 Å². The fraction of sp³-hybridized carbons (Fsp3) is 0.296. The van der Waals surface area contributed by atoms with Gasteiger partial charge in [0.25, 0.3) is 5.91 Å². The normalized spacial score (nSPS) is 14.2. The Balaban J connectivity index is 1.29. The Morgan fingerprint density at radius 2 is 1.66 bits per heavy atom. The van der Waals surface area contributed by atoms with Gasteiger partial charge in [0.1, 0.15) is 5.75 Å². The van der Waals surface area contributed by atoms with Crippen molar-refractivity contribution in [2.24, 2.45) is 0 Å². The van der Waals surface area contributed by atoms with Gasteiger partial charge in [0.2, 0.25) is 0 Å². The average Bonchev–Trinajstić information content (AvgIpc) is 2.84. The molecule has 4 rings (SSSR count). The van der Waals surface area contributed by atoms with Crippen molar-refractivity contribution in [3.8, 4) is 5.75 Å². The molecule has 1 fully saturated rings. The van der Waals surface area contributed by atoms with E-state index in [0.29, 0.717) is 12.1 Å². The third-order valence-corrected chi connectivity index (χ3v) is 5.95. The van der Waals surface area contributed by atoms with E-state index in [1.807, 2.05) is 43.3 Å². The van der Waals surface area contributed by atoms with Gasteiger partial charge < -0.3 is 15.0 Å². The SMILES string of the molecule is COc1ccc(CN2CCN(c3cccc(CNC(=O)c4cccc(C)c4)c3)CC2)cc1. The summed E-state index contributed by atoms with van der Waals surface area (Å²) in [6.45, 7) is 7.53. The monoisotopic (exact) mass is 429 g/mol. The molecule has 3 aromatic rings. The van der Waals surface area contributed by atoms with E-state index in [1.165, 1.54) is 11.3 Å². The number of ether oxygens (including phenoxy) is 1. The molecule has 0 aliphatic carbocycles. The maximum absolute atomic E-state index is 12.4. The molecular weight excluding hydrogens is 398 g/mol. The summed E-state index contributed by atoms with van der Waals surface area (Å²) in [5, 5.41) is 3.04. The molecule has 32 heavy (non-hydrogen) atoms. The predicted molar refractivity (Wildman–Crippen MR) is 129 cm³/mol. The second-order valence-corrected chi connectivity index (χ2v) is 8.33. The van der Waals surface area contributed by atoms with Gasteiger partial charge in [-0.05, 0) is 54.4 Å². The zero-order valence-corrected chi connectivity index (χ0v) is 18.9. The van der Waals surface area contributed by atoms with E-state index in [9.17, 15) is 4.79 Å². The van der Waals surface area contributed by atoms with Gasteiger partial charge in [-0.25, -0.2) is 0 Å². The Bertz CT molecular complexity index is 1040. The number of benzene rings is 3. The molecule has 3 aromatic carbocycles. The summed E-state index contributed by atoms with van der Waals surface area (Å²) < 4.78 is 5.25. The maximum atomic E-state index is 12.4. The minimum atomic E-state index is -0.0359. The Morgan fingerprint density at radius 3 is 2.38 bits per heavy atom. The summed E-state index contributed by atoms with van der Waals surface area (Å²) in [7, 11) is 1.70. The van der Waals surface area contributed by atoms with Crippen LogP contribution in [-0.2, 0) is 13.1 Å². The van der Waals surface area contributed by atoms with Gasteiger partial charge in [0.15, 0.2) is 0 Å². The summed E-state index contributed by atoms with van der Waals surface area (Å²) in [6.07, 6.45) is 0. The van der Waals surface area contributed by atoms with Crippen LogP contribution in [0.3, 0.4) is 0 Å². The van der Waals surface area contributed by atoms with E-state index >= 15 is 0 Å². The number of hydrogen-bond acceptors (Lipinski definition) is 4. The van der Waals surface area contributed by atoms with Gasteiger partial charge in [-0.3, -0.25) is 9.69 Å². The fourth-order valence-corrected chi connectivity index (χ4v) is 4.09. The molecule has 1 heterocycles. The lowest BCUT2D eigenvalue weighted by Gasteiger charge is -2.36. The number of hydrogen-bond donors (Lipinski definition) is 1. The third-order valence-electron chi connectivity index (χ3n) is 5.95. The first-order chi connectivity index (χ1) is 15.6. The molecule has 5 nitrogen and oxygen atoms in total. The second-order valence-electron chi connectivity index (χ2n) is 8.33. The predicted octanol–water partition coefficient (Wildman–Crippen LogP) is 4.26. The van der Waals surface area contributed by atoms with Gasteiger partial charge in [0, 0.05) is 50.5 Å². The molecule has 0 radical (unpaired) electrons. The lowest BCUT2D eigenvalue weighted by molar-refractivity contribution is 0.0951. The summed E-state index contributed by atoms with van der Waals surface area (Å²) in [5.74, 6) is 0.861. The molecule has 166 valence electrons. The summed E-state index contributed by atoms with van der Waals surface area (Å²) in [5.41, 5.74) is 5.44. The van der Waals surface area contributed by atoms with Crippen molar-refractivity contribution in [3.63, 3.8) is 0 Å². The van der Waals surface area contributed by atoms with E-state index in [4.69, 9.17) is 4.74 Å². The van der Waals surface area contributed by atoms with Crippen LogP contribution in [0.4, 0.5) is 5.69 Å². The molecular formula is C27H31N3O2. The average molecular weight is 430 g/mol. The third kappa shape index (κ3) is 5.68. The zero-order valence-electron chi connectivity index (χ0n) is 18.9. The lowest BCUT2D eigenvalue weighted by Crippen LogP contribution is -2.46. The van der Waals surface area contributed by atoms with Crippen LogP contribution in [0.2, 0.25) is 0 Å². The van der Waals surface area contributed by atoms with Crippen LogP contribution >= 0.6 is 0 Å². The molecule has 0 atom stereocenters. The van der Waals surface area contributed by atoms with Crippen molar-refractivity contribution in [3.05, 3.63) is 95.1 Å². The van der Waals surface area contributed by atoms with E-state index in [2.05, 4.69) is 51.5 Å². The second kappa shape index (κ2) is 10.3. The standard InChI is InChI=1S/C27H31N3O2/c1-21-5-3-7-24(17-21)27(31)28-19-23-6-4-8-25(18-23)30-15-13-29(14-16-30)20-22-9-11-26(32-2)12-10-22/h3-12,17-18H,13-16,19-20H2,1-2H3,(H,28,31). The smallest absolute Gasteiger partial charge is 0.251 e. The number of nitrogens with zero attached hydrogens (tertiary/aromatic N) is 2. The number of methoxy groups -OCH3 is 1. The molecule has 1 aliphatic heterocycles. The number of rotatable bonds is 7. The number of amides is 1. The van der Waals surface area contributed by atoms with Crippen LogP contribution < -0.4 is 15.0 Å². The van der Waals surface area contributed by atoms with E-state index in [1.54, 1.807) is 7.11 Å². The van der Waals surface area contributed by atoms with Crippen LogP contribution in [-0.4, -0.2) is 44.1 Å². The molecule has 0 unspecified atom stereocenters. The Labute approximate surface area is 190 Å². The van der Waals surface area contributed by atoms with Gasteiger partial charge in [-0.15, -0.1) is 0 Å². The molecule has 5 heteroatoms. The number of aryl methyl sites for hydroxylation is 1. The van der Waals surface area contributed by atoms with E-state index in [-0.39, 0.29) is 5.91 Å². The highest BCUT2D eigenvalue weighted by Gasteiger charge is 2.17. The molecule has 0 spiro atoms. The van der Waals surface area contributed by atoms with Crippen LogP contribution in [0, 0.1) is 6.92 Å². The van der Waals surface area contributed by atoms with Crippen molar-refractivity contribution in [2.75, 3.05) is 38.2 Å². The van der Waals surface area contributed by atoms with Crippen LogP contribution in [0.25, 0.3) is 0 Å². The van der Waals surface area contributed by atoms with Gasteiger partial charge in [-0.1, -0.05) is 42.0 Å². The van der Waals surface area contributed by atoms with Crippen molar-refractivity contribution >= 4 is 11.6 Å². The highest BCUT2D eigenvalue weighted by molar-refractivity contribution is 5.94. The highest BCUT2D eigenvalue weighted by Crippen LogP contribution is 2.20.